The molecule has 1 heterocycles. The summed E-state index contributed by atoms with van der Waals surface area (Å²) in [6.45, 7) is 1.96. The second kappa shape index (κ2) is 5.28. The highest BCUT2D eigenvalue weighted by Gasteiger charge is 2.08. The van der Waals surface area contributed by atoms with Crippen molar-refractivity contribution in [1.82, 2.24) is 4.98 Å². The molecule has 1 aromatic heterocycles. The summed E-state index contributed by atoms with van der Waals surface area (Å²) >= 11 is 2.26. The van der Waals surface area contributed by atoms with Gasteiger partial charge in [0.2, 0.25) is 0 Å². The normalized spacial score (nSPS) is 10.7. The van der Waals surface area contributed by atoms with Gasteiger partial charge in [-0.15, -0.1) is 0 Å². The minimum Gasteiger partial charge on any atom is -0.456 e. The number of aryl methyl sites for hydroxylation is 1. The molecule has 3 aromatic rings. The van der Waals surface area contributed by atoms with Gasteiger partial charge in [-0.05, 0) is 59.8 Å². The molecule has 2 N–H and O–H groups in total. The number of anilines is 1. The Balaban J connectivity index is 2.15. The van der Waals surface area contributed by atoms with Crippen molar-refractivity contribution >= 4 is 39.1 Å². The second-order valence-corrected chi connectivity index (χ2v) is 5.72. The smallest absolute Gasteiger partial charge is 0.140 e. The van der Waals surface area contributed by atoms with E-state index in [4.69, 9.17) is 10.5 Å². The Labute approximate surface area is 130 Å². The molecule has 0 amide bonds. The predicted molar refractivity (Wildman–Crippen MR) is 90.1 cm³/mol. The van der Waals surface area contributed by atoms with E-state index in [-0.39, 0.29) is 0 Å². The van der Waals surface area contributed by atoms with Gasteiger partial charge in [0.25, 0.3) is 0 Å². The molecule has 0 fully saturated rings. The molecular weight excluding hydrogens is 363 g/mol. The average molecular weight is 376 g/mol. The zero-order valence-electron chi connectivity index (χ0n) is 10.9. The van der Waals surface area contributed by atoms with E-state index >= 15 is 0 Å². The molecule has 0 unspecified atom stereocenters. The predicted octanol–water partition coefficient (Wildman–Crippen LogP) is 4.52. The Hall–Kier alpha value is -1.82. The zero-order chi connectivity index (χ0) is 14.1. The maximum atomic E-state index is 6.04. The van der Waals surface area contributed by atoms with E-state index in [1.807, 2.05) is 49.4 Å². The minimum absolute atomic E-state index is 0.711. The van der Waals surface area contributed by atoms with Crippen molar-refractivity contribution in [3.05, 3.63) is 57.9 Å². The first-order valence-corrected chi connectivity index (χ1v) is 7.30. The van der Waals surface area contributed by atoms with Crippen LogP contribution in [0.4, 0.5) is 5.69 Å². The van der Waals surface area contributed by atoms with Crippen LogP contribution >= 0.6 is 22.6 Å². The number of nitrogens with two attached hydrogens (primary N) is 1. The fourth-order valence-electron chi connectivity index (χ4n) is 2.07. The van der Waals surface area contributed by atoms with Gasteiger partial charge in [-0.3, -0.25) is 4.98 Å². The van der Waals surface area contributed by atoms with Crippen LogP contribution in [-0.2, 0) is 0 Å². The van der Waals surface area contributed by atoms with Gasteiger partial charge in [-0.25, -0.2) is 0 Å². The average Bonchev–Trinajstić information content (AvgIpc) is 2.44. The summed E-state index contributed by atoms with van der Waals surface area (Å²) in [5.74, 6) is 1.64. The van der Waals surface area contributed by atoms with Crippen molar-refractivity contribution in [2.45, 2.75) is 6.92 Å². The highest BCUT2D eigenvalue weighted by atomic mass is 127. The number of rotatable bonds is 2. The number of hydrogen-bond acceptors (Lipinski definition) is 3. The Kier molecular flexibility index (Phi) is 3.48. The number of aromatic nitrogens is 1. The molecule has 0 saturated heterocycles. The molecule has 3 nitrogen and oxygen atoms in total. The van der Waals surface area contributed by atoms with Crippen LogP contribution in [0, 0.1) is 10.5 Å². The van der Waals surface area contributed by atoms with Gasteiger partial charge in [0.05, 0.1) is 3.57 Å². The molecule has 2 aromatic carbocycles. The fourth-order valence-corrected chi connectivity index (χ4v) is 2.57. The molecule has 0 atom stereocenters. The van der Waals surface area contributed by atoms with Gasteiger partial charge >= 0.3 is 0 Å². The first-order valence-electron chi connectivity index (χ1n) is 6.22. The molecule has 3 rings (SSSR count). The van der Waals surface area contributed by atoms with E-state index in [9.17, 15) is 0 Å². The molecule has 0 radical (unpaired) electrons. The van der Waals surface area contributed by atoms with Gasteiger partial charge in [-0.2, -0.15) is 0 Å². The molecule has 20 heavy (non-hydrogen) atoms. The van der Waals surface area contributed by atoms with Crippen LogP contribution in [0.5, 0.6) is 11.5 Å². The Bertz CT molecular complexity index is 787. The fraction of sp³-hybridized carbons (Fsp3) is 0.0625. The number of halogens is 1. The number of nitrogen functional groups attached to an aromatic ring is 1. The highest BCUT2D eigenvalue weighted by molar-refractivity contribution is 14.1. The minimum atomic E-state index is 0.711. The number of benzene rings is 2. The number of nitrogens with zero attached hydrogens (tertiary/aromatic N) is 1. The summed E-state index contributed by atoms with van der Waals surface area (Å²) in [5.41, 5.74) is 7.65. The molecule has 0 bridgehead atoms. The molecular formula is C16H13IN2O. The van der Waals surface area contributed by atoms with Gasteiger partial charge in [0.15, 0.2) is 0 Å². The lowest BCUT2D eigenvalue weighted by Crippen LogP contribution is -1.93. The topological polar surface area (TPSA) is 48.1 Å². The molecule has 0 spiro atoms. The van der Waals surface area contributed by atoms with Crippen LogP contribution in [0.2, 0.25) is 0 Å². The SMILES string of the molecule is Cc1cc2c(Oc3ccccc3I)ccc(N)c2cn1. The van der Waals surface area contributed by atoms with E-state index in [1.165, 1.54) is 0 Å². The van der Waals surface area contributed by atoms with Crippen molar-refractivity contribution in [3.8, 4) is 11.5 Å². The van der Waals surface area contributed by atoms with Crippen LogP contribution in [0.25, 0.3) is 10.8 Å². The number of ether oxygens (including phenoxy) is 1. The van der Waals surface area contributed by atoms with E-state index in [1.54, 1.807) is 6.20 Å². The van der Waals surface area contributed by atoms with Crippen LogP contribution in [0.15, 0.2) is 48.7 Å². The number of pyridine rings is 1. The van der Waals surface area contributed by atoms with Crippen molar-refractivity contribution in [3.63, 3.8) is 0 Å². The largest absolute Gasteiger partial charge is 0.456 e. The van der Waals surface area contributed by atoms with Crippen LogP contribution in [0.3, 0.4) is 0 Å². The number of hydrogen-bond donors (Lipinski definition) is 1. The Morgan fingerprint density at radius 2 is 1.85 bits per heavy atom. The Morgan fingerprint density at radius 3 is 2.65 bits per heavy atom. The molecule has 0 aliphatic heterocycles. The quantitative estimate of drug-likeness (QED) is 0.529. The molecule has 0 saturated carbocycles. The van der Waals surface area contributed by atoms with Gasteiger partial charge in [0, 0.05) is 28.4 Å². The van der Waals surface area contributed by atoms with E-state index in [2.05, 4.69) is 27.6 Å². The van der Waals surface area contributed by atoms with E-state index in [0.717, 1.165) is 31.5 Å². The van der Waals surface area contributed by atoms with Crippen molar-refractivity contribution in [2.24, 2.45) is 0 Å². The van der Waals surface area contributed by atoms with Crippen molar-refractivity contribution in [1.29, 1.82) is 0 Å². The van der Waals surface area contributed by atoms with Gasteiger partial charge in [-0.1, -0.05) is 12.1 Å². The van der Waals surface area contributed by atoms with Crippen LogP contribution < -0.4 is 10.5 Å². The van der Waals surface area contributed by atoms with E-state index < -0.39 is 0 Å². The summed E-state index contributed by atoms with van der Waals surface area (Å²) in [7, 11) is 0. The Morgan fingerprint density at radius 1 is 1.05 bits per heavy atom. The highest BCUT2D eigenvalue weighted by Crippen LogP contribution is 2.34. The number of fused-ring (bicyclic) bond motifs is 1. The van der Waals surface area contributed by atoms with Crippen LogP contribution in [-0.4, -0.2) is 4.98 Å². The second-order valence-electron chi connectivity index (χ2n) is 4.56. The van der Waals surface area contributed by atoms with Gasteiger partial charge in [0.1, 0.15) is 11.5 Å². The first-order chi connectivity index (χ1) is 9.65. The third-order valence-electron chi connectivity index (χ3n) is 3.09. The van der Waals surface area contributed by atoms with Crippen LogP contribution in [0.1, 0.15) is 5.69 Å². The molecule has 0 aliphatic rings. The summed E-state index contributed by atoms with van der Waals surface area (Å²) in [4.78, 5) is 4.30. The monoisotopic (exact) mass is 376 g/mol. The first kappa shape index (κ1) is 13.2. The lowest BCUT2D eigenvalue weighted by molar-refractivity contribution is 0.485. The zero-order valence-corrected chi connectivity index (χ0v) is 13.1. The number of para-hydroxylation sites is 1. The third kappa shape index (κ3) is 2.43. The maximum absolute atomic E-state index is 6.04. The summed E-state index contributed by atoms with van der Waals surface area (Å²) in [6.07, 6.45) is 1.79. The standard InChI is InChI=1S/C16H13IN2O/c1-10-8-11-12(9-19-10)14(18)6-7-15(11)20-16-5-3-2-4-13(16)17/h2-9H,18H2,1H3. The van der Waals surface area contributed by atoms with E-state index in [0.29, 0.717) is 5.69 Å². The van der Waals surface area contributed by atoms with Gasteiger partial charge < -0.3 is 10.5 Å². The van der Waals surface area contributed by atoms with Crippen molar-refractivity contribution in [2.75, 3.05) is 5.73 Å². The molecule has 4 heteroatoms. The maximum Gasteiger partial charge on any atom is 0.140 e. The molecule has 0 aliphatic carbocycles. The lowest BCUT2D eigenvalue weighted by atomic mass is 10.1. The van der Waals surface area contributed by atoms with Crippen molar-refractivity contribution < 1.29 is 4.74 Å². The third-order valence-corrected chi connectivity index (χ3v) is 3.98. The summed E-state index contributed by atoms with van der Waals surface area (Å²) < 4.78 is 7.11. The lowest BCUT2D eigenvalue weighted by Gasteiger charge is -2.12. The summed E-state index contributed by atoms with van der Waals surface area (Å²) in [5, 5.41) is 1.90. The molecule has 100 valence electrons. The summed E-state index contributed by atoms with van der Waals surface area (Å²) in [6, 6.07) is 13.7.